The molecule has 0 radical (unpaired) electrons. The number of H-pyrrole nitrogens is 1. The molecule has 0 fully saturated rings. The van der Waals surface area contributed by atoms with E-state index < -0.39 is 29.8 Å². The number of hydrogen-bond donors (Lipinski definition) is 4. The van der Waals surface area contributed by atoms with Gasteiger partial charge in [-0.2, -0.15) is 5.10 Å². The molecule has 0 unspecified atom stereocenters. The summed E-state index contributed by atoms with van der Waals surface area (Å²) in [5, 5.41) is 27.7. The van der Waals surface area contributed by atoms with E-state index in [1.165, 1.54) is 0 Å². The summed E-state index contributed by atoms with van der Waals surface area (Å²) in [6.45, 7) is 1.57. The van der Waals surface area contributed by atoms with Crippen LogP contribution in [0.15, 0.2) is 54.6 Å². The Kier molecular flexibility index (Phi) is 7.27. The number of halogens is 1. The van der Waals surface area contributed by atoms with Gasteiger partial charge >= 0.3 is 11.9 Å². The zero-order valence-electron chi connectivity index (χ0n) is 17.2. The second kappa shape index (κ2) is 10.1. The molecule has 0 aliphatic carbocycles. The Morgan fingerprint density at radius 3 is 2.38 bits per heavy atom. The van der Waals surface area contributed by atoms with E-state index in [1.807, 2.05) is 42.5 Å². The summed E-state index contributed by atoms with van der Waals surface area (Å²) >= 11 is 6.06. The molecule has 166 valence electrons. The summed E-state index contributed by atoms with van der Waals surface area (Å²) in [4.78, 5) is 34.9. The topological polar surface area (TPSA) is 132 Å². The van der Waals surface area contributed by atoms with Crippen LogP contribution in [0.25, 0.3) is 11.1 Å². The van der Waals surface area contributed by atoms with Crippen LogP contribution >= 0.6 is 11.6 Å². The lowest BCUT2D eigenvalue weighted by Crippen LogP contribution is -2.38. The Morgan fingerprint density at radius 1 is 1.06 bits per heavy atom. The number of aromatic amines is 1. The summed E-state index contributed by atoms with van der Waals surface area (Å²) in [6, 6.07) is 15.8. The number of hydrogen-bond acceptors (Lipinski definition) is 4. The maximum absolute atomic E-state index is 12.6. The quantitative estimate of drug-likeness (QED) is 0.387. The number of aliphatic carboxylic acids is 1. The molecule has 8 nitrogen and oxygen atoms in total. The average molecular weight is 456 g/mol. The summed E-state index contributed by atoms with van der Waals surface area (Å²) in [6.07, 6.45) is 0.607. The van der Waals surface area contributed by atoms with Crippen molar-refractivity contribution in [1.82, 2.24) is 15.5 Å². The molecule has 3 rings (SSSR count). The number of nitrogens with zero attached hydrogens (tertiary/aromatic N) is 1. The van der Waals surface area contributed by atoms with Gasteiger partial charge in [0.15, 0.2) is 5.69 Å². The van der Waals surface area contributed by atoms with Crippen LogP contribution in [0.3, 0.4) is 0 Å². The molecular formula is C23H22ClN3O5. The molecule has 9 heteroatoms. The molecule has 1 heterocycles. The van der Waals surface area contributed by atoms with Crippen LogP contribution in [0.1, 0.15) is 39.9 Å². The number of carbonyl (C=O) groups is 3. The van der Waals surface area contributed by atoms with Gasteiger partial charge in [-0.3, -0.25) is 14.7 Å². The minimum Gasteiger partial charge on any atom is -0.481 e. The molecule has 2 aromatic carbocycles. The van der Waals surface area contributed by atoms with Gasteiger partial charge in [-0.05, 0) is 41.7 Å². The van der Waals surface area contributed by atoms with Gasteiger partial charge in [-0.1, -0.05) is 54.9 Å². The third-order valence-corrected chi connectivity index (χ3v) is 5.27. The number of aromatic carboxylic acids is 1. The van der Waals surface area contributed by atoms with Crippen molar-refractivity contribution < 1.29 is 24.6 Å². The van der Waals surface area contributed by atoms with Crippen molar-refractivity contribution in [2.45, 2.75) is 25.8 Å². The maximum atomic E-state index is 12.6. The molecule has 0 saturated carbocycles. The van der Waals surface area contributed by atoms with Gasteiger partial charge in [0.1, 0.15) is 5.69 Å². The van der Waals surface area contributed by atoms with Gasteiger partial charge in [0.05, 0.1) is 5.92 Å². The predicted octanol–water partition coefficient (Wildman–Crippen LogP) is 3.88. The first-order chi connectivity index (χ1) is 15.2. The second-order valence-electron chi connectivity index (χ2n) is 7.53. The molecular weight excluding hydrogens is 434 g/mol. The fraction of sp³-hybridized carbons (Fsp3) is 0.217. The Hall–Kier alpha value is -3.65. The zero-order chi connectivity index (χ0) is 23.3. The molecule has 0 aliphatic heterocycles. The molecule has 2 atom stereocenters. The number of rotatable bonds is 9. The van der Waals surface area contributed by atoms with Crippen molar-refractivity contribution in [3.63, 3.8) is 0 Å². The molecule has 32 heavy (non-hydrogen) atoms. The zero-order valence-corrected chi connectivity index (χ0v) is 18.0. The molecule has 3 aromatic rings. The van der Waals surface area contributed by atoms with Crippen LogP contribution in [0, 0.1) is 5.92 Å². The number of carboxylic acid groups (broad SMARTS) is 2. The lowest BCUT2D eigenvalue weighted by Gasteiger charge is -2.21. The van der Waals surface area contributed by atoms with Gasteiger partial charge in [0, 0.05) is 17.1 Å². The van der Waals surface area contributed by atoms with Gasteiger partial charge < -0.3 is 15.5 Å². The van der Waals surface area contributed by atoms with Crippen molar-refractivity contribution in [2.75, 3.05) is 0 Å². The molecule has 0 spiro atoms. The normalized spacial score (nSPS) is 12.7. The lowest BCUT2D eigenvalue weighted by atomic mass is 9.95. The van der Waals surface area contributed by atoms with Crippen molar-refractivity contribution in [3.05, 3.63) is 76.6 Å². The van der Waals surface area contributed by atoms with E-state index in [-0.39, 0.29) is 17.8 Å². The van der Waals surface area contributed by atoms with E-state index in [0.717, 1.165) is 22.8 Å². The van der Waals surface area contributed by atoms with Crippen molar-refractivity contribution in [1.29, 1.82) is 0 Å². The van der Waals surface area contributed by atoms with Gasteiger partial charge in [-0.15, -0.1) is 0 Å². The largest absolute Gasteiger partial charge is 0.481 e. The molecule has 0 bridgehead atoms. The van der Waals surface area contributed by atoms with E-state index in [9.17, 15) is 19.5 Å². The first-order valence-corrected chi connectivity index (χ1v) is 10.3. The van der Waals surface area contributed by atoms with Crippen molar-refractivity contribution in [2.24, 2.45) is 5.92 Å². The van der Waals surface area contributed by atoms with E-state index >= 15 is 0 Å². The number of nitrogens with one attached hydrogen (secondary N) is 2. The average Bonchev–Trinajstić information content (AvgIpc) is 3.25. The van der Waals surface area contributed by atoms with Crippen LogP contribution < -0.4 is 5.32 Å². The Labute approximate surface area is 189 Å². The van der Waals surface area contributed by atoms with E-state index in [4.69, 9.17) is 16.7 Å². The second-order valence-corrected chi connectivity index (χ2v) is 7.97. The molecule has 1 amide bonds. The van der Waals surface area contributed by atoms with Crippen LogP contribution in [0.2, 0.25) is 5.02 Å². The first-order valence-electron chi connectivity index (χ1n) is 9.90. The molecule has 0 saturated heterocycles. The first kappa shape index (κ1) is 23.0. The standard InChI is InChI=1S/C23H22ClN3O5/c1-13(22(29)30)9-18(25-21(28)19-12-20(23(31)32)27-26-19)10-14-5-7-15(8-6-14)16-3-2-4-17(24)11-16/h2-8,11-13,18H,9-10H2,1H3,(H,25,28)(H,26,27)(H,29,30)(H,31,32)/t13-,18-/m0/s1. The third kappa shape index (κ3) is 5.95. The fourth-order valence-corrected chi connectivity index (χ4v) is 3.51. The van der Waals surface area contributed by atoms with E-state index in [0.29, 0.717) is 11.4 Å². The molecule has 1 aromatic heterocycles. The number of benzene rings is 2. The van der Waals surface area contributed by atoms with Gasteiger partial charge in [0.2, 0.25) is 0 Å². The highest BCUT2D eigenvalue weighted by molar-refractivity contribution is 6.30. The summed E-state index contributed by atoms with van der Waals surface area (Å²) < 4.78 is 0. The van der Waals surface area contributed by atoms with Gasteiger partial charge in [0.25, 0.3) is 5.91 Å². The van der Waals surface area contributed by atoms with Crippen molar-refractivity contribution >= 4 is 29.4 Å². The fourth-order valence-electron chi connectivity index (χ4n) is 3.32. The number of carbonyl (C=O) groups excluding carboxylic acids is 1. The molecule has 0 aliphatic rings. The smallest absolute Gasteiger partial charge is 0.356 e. The predicted molar refractivity (Wildman–Crippen MR) is 119 cm³/mol. The third-order valence-electron chi connectivity index (χ3n) is 5.03. The minimum absolute atomic E-state index is 0.00770. The van der Waals surface area contributed by atoms with Crippen LogP contribution in [0.4, 0.5) is 0 Å². The Balaban J connectivity index is 1.75. The maximum Gasteiger partial charge on any atom is 0.356 e. The summed E-state index contributed by atoms with van der Waals surface area (Å²) in [7, 11) is 0. The number of aromatic nitrogens is 2. The summed E-state index contributed by atoms with van der Waals surface area (Å²) in [5.41, 5.74) is 2.58. The van der Waals surface area contributed by atoms with Gasteiger partial charge in [-0.25, -0.2) is 4.79 Å². The monoisotopic (exact) mass is 455 g/mol. The lowest BCUT2D eigenvalue weighted by molar-refractivity contribution is -0.141. The molecule has 4 N–H and O–H groups in total. The highest BCUT2D eigenvalue weighted by atomic mass is 35.5. The SMILES string of the molecule is C[C@@H](C[C@@H](Cc1ccc(-c2cccc(Cl)c2)cc1)NC(=O)c1cc(C(=O)O)n[nH]1)C(=O)O. The number of carboxylic acids is 2. The Morgan fingerprint density at radius 2 is 1.78 bits per heavy atom. The Bertz CT molecular complexity index is 1130. The van der Waals surface area contributed by atoms with Crippen LogP contribution in [0.5, 0.6) is 0 Å². The number of amides is 1. The van der Waals surface area contributed by atoms with Crippen molar-refractivity contribution in [3.8, 4) is 11.1 Å². The highest BCUT2D eigenvalue weighted by Gasteiger charge is 2.22. The highest BCUT2D eigenvalue weighted by Crippen LogP contribution is 2.23. The van der Waals surface area contributed by atoms with E-state index in [1.54, 1.807) is 13.0 Å². The van der Waals surface area contributed by atoms with Crippen LogP contribution in [-0.4, -0.2) is 44.3 Å². The minimum atomic E-state index is -1.25. The van der Waals surface area contributed by atoms with E-state index in [2.05, 4.69) is 15.5 Å². The van der Waals surface area contributed by atoms with Crippen LogP contribution in [-0.2, 0) is 11.2 Å². The summed E-state index contributed by atoms with van der Waals surface area (Å²) in [5.74, 6) is -3.45.